The van der Waals surface area contributed by atoms with E-state index in [1.54, 1.807) is 25.3 Å². The molecule has 0 amide bonds. The van der Waals surface area contributed by atoms with Crippen LogP contribution in [0.15, 0.2) is 18.2 Å². The van der Waals surface area contributed by atoms with Crippen LogP contribution in [0.3, 0.4) is 0 Å². The molecule has 0 radical (unpaired) electrons. The summed E-state index contributed by atoms with van der Waals surface area (Å²) >= 11 is 11.5. The van der Waals surface area contributed by atoms with Gasteiger partial charge in [0, 0.05) is 17.9 Å². The Labute approximate surface area is 161 Å². The van der Waals surface area contributed by atoms with Crippen molar-refractivity contribution >= 4 is 29.8 Å². The molecule has 1 aliphatic heterocycles. The van der Waals surface area contributed by atoms with E-state index in [9.17, 15) is 4.79 Å². The highest BCUT2D eigenvalue weighted by molar-refractivity contribution is 7.71. The first-order valence-corrected chi connectivity index (χ1v) is 9.22. The molecule has 1 aromatic heterocycles. The molecule has 9 heteroatoms. The number of rotatable bonds is 5. The fourth-order valence-corrected chi connectivity index (χ4v) is 3.63. The van der Waals surface area contributed by atoms with Crippen LogP contribution in [0.1, 0.15) is 12.8 Å². The van der Waals surface area contributed by atoms with Crippen LogP contribution in [0.4, 0.5) is 0 Å². The highest BCUT2D eigenvalue weighted by Gasteiger charge is 2.28. The second kappa shape index (κ2) is 8.20. The lowest BCUT2D eigenvalue weighted by atomic mass is 9.97. The lowest BCUT2D eigenvalue weighted by Crippen LogP contribution is -3.12. The van der Waals surface area contributed by atoms with Gasteiger partial charge in [0.05, 0.1) is 38.8 Å². The summed E-state index contributed by atoms with van der Waals surface area (Å²) in [7, 11) is 3.05. The van der Waals surface area contributed by atoms with E-state index < -0.39 is 0 Å². The van der Waals surface area contributed by atoms with Gasteiger partial charge in [-0.1, -0.05) is 11.6 Å². The smallest absolute Gasteiger partial charge is 0.309 e. The maximum absolute atomic E-state index is 11.6. The number of H-pyrrole nitrogens is 1. The Morgan fingerprint density at radius 2 is 2.15 bits per heavy atom. The molecule has 1 aliphatic rings. The predicted molar refractivity (Wildman–Crippen MR) is 99.8 cm³/mol. The van der Waals surface area contributed by atoms with E-state index in [1.807, 2.05) is 4.68 Å². The zero-order valence-corrected chi connectivity index (χ0v) is 16.3. The third kappa shape index (κ3) is 4.08. The van der Waals surface area contributed by atoms with E-state index in [1.165, 1.54) is 12.0 Å². The maximum atomic E-state index is 11.6. The highest BCUT2D eigenvalue weighted by Crippen LogP contribution is 2.30. The monoisotopic (exact) mass is 397 g/mol. The van der Waals surface area contributed by atoms with Gasteiger partial charge < -0.3 is 14.4 Å². The molecule has 140 valence electrons. The molecule has 0 saturated carbocycles. The number of hydrogen-bond donors (Lipinski definition) is 2. The Balaban J connectivity index is 1.73. The molecular weight excluding hydrogens is 376 g/mol. The summed E-state index contributed by atoms with van der Waals surface area (Å²) in [5, 5.41) is 3.84. The van der Waals surface area contributed by atoms with Crippen LogP contribution >= 0.6 is 23.8 Å². The molecule has 26 heavy (non-hydrogen) atoms. The summed E-state index contributed by atoms with van der Waals surface area (Å²) in [6.07, 6.45) is 1.64. The van der Waals surface area contributed by atoms with Crippen LogP contribution in [0.5, 0.6) is 5.75 Å². The molecule has 0 aliphatic carbocycles. The van der Waals surface area contributed by atoms with Gasteiger partial charge >= 0.3 is 5.97 Å². The average molecular weight is 398 g/mol. The number of esters is 1. The molecule has 1 saturated heterocycles. The molecule has 0 bridgehead atoms. The number of carbonyl (C=O) groups is 1. The molecule has 7 nitrogen and oxygen atoms in total. The van der Waals surface area contributed by atoms with Crippen LogP contribution in [-0.2, 0) is 16.2 Å². The molecular formula is C17H22ClN4O3S+. The van der Waals surface area contributed by atoms with Gasteiger partial charge in [0.1, 0.15) is 5.75 Å². The number of carbonyl (C=O) groups excluding carboxylic acids is 1. The van der Waals surface area contributed by atoms with Crippen molar-refractivity contribution in [3.63, 3.8) is 0 Å². The minimum atomic E-state index is -0.113. The number of nitrogens with one attached hydrogen (secondary N) is 2. The van der Waals surface area contributed by atoms with E-state index in [-0.39, 0.29) is 11.9 Å². The summed E-state index contributed by atoms with van der Waals surface area (Å²) in [5.41, 5.74) is 0.768. The van der Waals surface area contributed by atoms with Gasteiger partial charge in [-0.15, -0.1) is 0 Å². The third-order valence-electron chi connectivity index (χ3n) is 4.70. The SMILES string of the molecule is COC(=O)C1CC[NH+](Cn2[nH]c(-c3cc(Cl)ccc3OC)nc2=S)CC1. The Kier molecular flexibility index (Phi) is 5.95. The maximum Gasteiger partial charge on any atom is 0.309 e. The van der Waals surface area contributed by atoms with Crippen LogP contribution in [0.25, 0.3) is 11.4 Å². The summed E-state index contributed by atoms with van der Waals surface area (Å²) < 4.78 is 12.5. The van der Waals surface area contributed by atoms with Crippen molar-refractivity contribution in [3.05, 3.63) is 28.0 Å². The number of nitrogens with zero attached hydrogens (tertiary/aromatic N) is 2. The van der Waals surface area contributed by atoms with E-state index in [2.05, 4.69) is 10.1 Å². The van der Waals surface area contributed by atoms with Gasteiger partial charge in [0.2, 0.25) is 4.77 Å². The molecule has 0 spiro atoms. The quantitative estimate of drug-likeness (QED) is 0.593. The number of methoxy groups -OCH3 is 2. The number of halogens is 1. The second-order valence-corrected chi connectivity index (χ2v) is 7.13. The summed E-state index contributed by atoms with van der Waals surface area (Å²) in [6, 6.07) is 5.37. The van der Waals surface area contributed by atoms with Gasteiger partial charge in [0.15, 0.2) is 12.5 Å². The zero-order valence-electron chi connectivity index (χ0n) is 14.8. The fraction of sp³-hybridized carbons (Fsp3) is 0.471. The number of piperidine rings is 1. The largest absolute Gasteiger partial charge is 0.496 e. The van der Waals surface area contributed by atoms with Crippen molar-refractivity contribution in [1.82, 2.24) is 14.8 Å². The Bertz CT molecular complexity index is 843. The van der Waals surface area contributed by atoms with Crippen LogP contribution in [0, 0.1) is 10.7 Å². The van der Waals surface area contributed by atoms with Crippen LogP contribution < -0.4 is 9.64 Å². The van der Waals surface area contributed by atoms with E-state index in [0.29, 0.717) is 28.0 Å². The van der Waals surface area contributed by atoms with E-state index in [0.717, 1.165) is 31.5 Å². The van der Waals surface area contributed by atoms with Gasteiger partial charge in [-0.3, -0.25) is 9.89 Å². The minimum Gasteiger partial charge on any atom is -0.496 e. The van der Waals surface area contributed by atoms with Gasteiger partial charge in [-0.25, -0.2) is 4.68 Å². The molecule has 1 aromatic carbocycles. The summed E-state index contributed by atoms with van der Waals surface area (Å²) in [4.78, 5) is 17.4. The first-order valence-electron chi connectivity index (χ1n) is 8.44. The normalized spacial score (nSPS) is 20.0. The lowest BCUT2D eigenvalue weighted by Gasteiger charge is -2.27. The molecule has 2 N–H and O–H groups in total. The van der Waals surface area contributed by atoms with Crippen molar-refractivity contribution in [2.24, 2.45) is 5.92 Å². The van der Waals surface area contributed by atoms with Crippen molar-refractivity contribution in [2.45, 2.75) is 19.5 Å². The first kappa shape index (κ1) is 18.9. The number of likely N-dealkylation sites (tertiary alicyclic amines) is 1. The molecule has 2 heterocycles. The molecule has 0 unspecified atom stereocenters. The number of ether oxygens (including phenoxy) is 2. The first-order chi connectivity index (χ1) is 12.5. The Morgan fingerprint density at radius 1 is 1.42 bits per heavy atom. The number of benzene rings is 1. The second-order valence-electron chi connectivity index (χ2n) is 6.33. The number of hydrogen-bond acceptors (Lipinski definition) is 5. The number of aromatic amines is 1. The topological polar surface area (TPSA) is 73.6 Å². The van der Waals surface area contributed by atoms with Gasteiger partial charge in [-0.05, 0) is 30.4 Å². The molecule has 0 atom stereocenters. The lowest BCUT2D eigenvalue weighted by molar-refractivity contribution is -0.929. The predicted octanol–water partition coefficient (Wildman–Crippen LogP) is 1.70. The average Bonchev–Trinajstić information content (AvgIpc) is 3.02. The van der Waals surface area contributed by atoms with E-state index >= 15 is 0 Å². The Hall–Kier alpha value is -1.90. The Morgan fingerprint density at radius 3 is 2.81 bits per heavy atom. The van der Waals surface area contributed by atoms with Crippen LogP contribution in [0.2, 0.25) is 5.02 Å². The van der Waals surface area contributed by atoms with Gasteiger partial charge in [-0.2, -0.15) is 4.98 Å². The standard InChI is InChI=1S/C17H21ClN4O3S/c1-24-14-4-3-12(18)9-13(14)15-19-17(26)22(20-15)10-21-7-5-11(6-8-21)16(23)25-2/h3-4,9,11H,5-8,10H2,1-2H3,(H,19,20,26)/p+1. The van der Waals surface area contributed by atoms with Gasteiger partial charge in [0.25, 0.3) is 0 Å². The van der Waals surface area contributed by atoms with E-state index in [4.69, 9.17) is 33.3 Å². The highest BCUT2D eigenvalue weighted by atomic mass is 35.5. The number of quaternary nitrogens is 1. The van der Waals surface area contributed by atoms with Crippen molar-refractivity contribution in [2.75, 3.05) is 27.3 Å². The van der Waals surface area contributed by atoms with Crippen molar-refractivity contribution < 1.29 is 19.2 Å². The number of aromatic nitrogens is 3. The van der Waals surface area contributed by atoms with Crippen molar-refractivity contribution in [3.8, 4) is 17.1 Å². The minimum absolute atomic E-state index is 0.00442. The van der Waals surface area contributed by atoms with Crippen LogP contribution in [-0.4, -0.2) is 48.0 Å². The third-order valence-corrected chi connectivity index (χ3v) is 5.25. The molecule has 3 rings (SSSR count). The van der Waals surface area contributed by atoms with Crippen molar-refractivity contribution in [1.29, 1.82) is 0 Å². The fourth-order valence-electron chi connectivity index (χ4n) is 3.26. The molecule has 2 aromatic rings. The molecule has 1 fully saturated rings. The summed E-state index contributed by atoms with van der Waals surface area (Å²) in [6.45, 7) is 2.44. The summed E-state index contributed by atoms with van der Waals surface area (Å²) in [5.74, 6) is 1.19. The zero-order chi connectivity index (χ0) is 18.7.